The van der Waals surface area contributed by atoms with Crippen molar-refractivity contribution in [3.8, 4) is 5.75 Å². The van der Waals surface area contributed by atoms with Crippen LogP contribution in [0.3, 0.4) is 0 Å². The first-order chi connectivity index (χ1) is 9.86. The van der Waals surface area contributed by atoms with Crippen molar-refractivity contribution in [2.24, 2.45) is 5.84 Å². The number of hydrazine groups is 1. The number of nitrogens with one attached hydrogen (secondary N) is 1. The minimum Gasteiger partial charge on any atom is -0.485 e. The molecule has 5 heteroatoms. The van der Waals surface area contributed by atoms with Crippen LogP contribution in [0, 0.1) is 0 Å². The summed E-state index contributed by atoms with van der Waals surface area (Å²) in [7, 11) is 0. The largest absolute Gasteiger partial charge is 0.485 e. The first-order valence-electron chi connectivity index (χ1n) is 6.25. The van der Waals surface area contributed by atoms with Gasteiger partial charge in [-0.3, -0.25) is 15.8 Å². The molecule has 20 heavy (non-hydrogen) atoms. The molecular weight excluding hydrogens is 252 g/mol. The second-order valence-corrected chi connectivity index (χ2v) is 4.30. The number of benzene rings is 1. The molecule has 0 radical (unpaired) electrons. The summed E-state index contributed by atoms with van der Waals surface area (Å²) in [5.74, 6) is 6.12. The van der Waals surface area contributed by atoms with E-state index < -0.39 is 0 Å². The van der Waals surface area contributed by atoms with Crippen LogP contribution in [0.4, 0.5) is 5.69 Å². The van der Waals surface area contributed by atoms with Gasteiger partial charge in [0.1, 0.15) is 17.9 Å². The molecule has 100 valence electrons. The van der Waals surface area contributed by atoms with Crippen molar-refractivity contribution in [3.63, 3.8) is 0 Å². The monoisotopic (exact) mass is 266 g/mol. The third-order valence-corrected chi connectivity index (χ3v) is 2.95. The maximum absolute atomic E-state index is 5.81. The van der Waals surface area contributed by atoms with Crippen LogP contribution in [0.2, 0.25) is 0 Å². The minimum atomic E-state index is 0.366. The van der Waals surface area contributed by atoms with Crippen LogP contribution in [0.1, 0.15) is 5.69 Å². The number of ether oxygens (including phenoxy) is 1. The molecule has 0 amide bonds. The van der Waals surface area contributed by atoms with Gasteiger partial charge in [0.05, 0.1) is 11.4 Å². The highest BCUT2D eigenvalue weighted by molar-refractivity contribution is 5.84. The molecule has 0 saturated heterocycles. The maximum Gasteiger partial charge on any atom is 0.146 e. The van der Waals surface area contributed by atoms with Crippen molar-refractivity contribution in [2.45, 2.75) is 6.61 Å². The molecule has 0 aliphatic carbocycles. The SMILES string of the molecule is NNc1ccnc(COc2cccc3cccnc23)c1. The molecule has 3 aromatic rings. The topological polar surface area (TPSA) is 73.1 Å². The van der Waals surface area contributed by atoms with E-state index in [1.54, 1.807) is 18.5 Å². The lowest BCUT2D eigenvalue weighted by Gasteiger charge is -2.09. The van der Waals surface area contributed by atoms with E-state index >= 15 is 0 Å². The summed E-state index contributed by atoms with van der Waals surface area (Å²) in [6.45, 7) is 0.366. The predicted molar refractivity (Wildman–Crippen MR) is 78.1 cm³/mol. The molecule has 2 heterocycles. The number of anilines is 1. The van der Waals surface area contributed by atoms with Crippen LogP contribution in [0.15, 0.2) is 54.9 Å². The number of nitrogens with two attached hydrogens (primary N) is 1. The second-order valence-electron chi connectivity index (χ2n) is 4.30. The number of fused-ring (bicyclic) bond motifs is 1. The van der Waals surface area contributed by atoms with Crippen LogP contribution in [0.25, 0.3) is 10.9 Å². The Labute approximate surface area is 116 Å². The number of aromatic nitrogens is 2. The van der Waals surface area contributed by atoms with Gasteiger partial charge in [-0.2, -0.15) is 0 Å². The summed E-state index contributed by atoms with van der Waals surface area (Å²) in [6, 6.07) is 13.4. The third-order valence-electron chi connectivity index (χ3n) is 2.95. The molecule has 5 nitrogen and oxygen atoms in total. The molecule has 0 unspecified atom stereocenters. The number of para-hydroxylation sites is 1. The normalized spacial score (nSPS) is 10.4. The molecule has 2 aromatic heterocycles. The molecule has 3 N–H and O–H groups in total. The summed E-state index contributed by atoms with van der Waals surface area (Å²) in [5.41, 5.74) is 5.04. The quantitative estimate of drug-likeness (QED) is 0.560. The van der Waals surface area contributed by atoms with E-state index in [0.717, 1.165) is 28.0 Å². The Morgan fingerprint density at radius 3 is 2.85 bits per heavy atom. The first kappa shape index (κ1) is 12.4. The highest BCUT2D eigenvalue weighted by Crippen LogP contribution is 2.23. The Bertz CT molecular complexity index is 724. The van der Waals surface area contributed by atoms with Crippen LogP contribution < -0.4 is 16.0 Å². The fraction of sp³-hybridized carbons (Fsp3) is 0.0667. The van der Waals surface area contributed by atoms with Gasteiger partial charge in [0.15, 0.2) is 0 Å². The summed E-state index contributed by atoms with van der Waals surface area (Å²) >= 11 is 0. The Morgan fingerprint density at radius 2 is 1.95 bits per heavy atom. The van der Waals surface area contributed by atoms with Crippen molar-refractivity contribution in [1.82, 2.24) is 9.97 Å². The Hall–Kier alpha value is -2.66. The highest BCUT2D eigenvalue weighted by Gasteiger charge is 2.04. The number of pyridine rings is 2. The van der Waals surface area contributed by atoms with Crippen molar-refractivity contribution < 1.29 is 4.74 Å². The van der Waals surface area contributed by atoms with Crippen molar-refractivity contribution in [2.75, 3.05) is 5.43 Å². The Balaban J connectivity index is 1.83. The van der Waals surface area contributed by atoms with Crippen LogP contribution in [-0.2, 0) is 6.61 Å². The van der Waals surface area contributed by atoms with E-state index in [1.807, 2.05) is 36.4 Å². The molecule has 0 saturated carbocycles. The lowest BCUT2D eigenvalue weighted by Crippen LogP contribution is -2.08. The zero-order valence-electron chi connectivity index (χ0n) is 10.8. The van der Waals surface area contributed by atoms with E-state index in [9.17, 15) is 0 Å². The van der Waals surface area contributed by atoms with Gasteiger partial charge in [0.25, 0.3) is 0 Å². The van der Waals surface area contributed by atoms with Crippen LogP contribution >= 0.6 is 0 Å². The van der Waals surface area contributed by atoms with Gasteiger partial charge < -0.3 is 10.2 Å². The Kier molecular flexibility index (Phi) is 3.43. The smallest absolute Gasteiger partial charge is 0.146 e. The highest BCUT2D eigenvalue weighted by atomic mass is 16.5. The van der Waals surface area contributed by atoms with Gasteiger partial charge in [0, 0.05) is 17.8 Å². The molecule has 0 aliphatic heterocycles. The fourth-order valence-corrected chi connectivity index (χ4v) is 1.99. The van der Waals surface area contributed by atoms with Gasteiger partial charge in [-0.15, -0.1) is 0 Å². The molecule has 0 aliphatic rings. The third kappa shape index (κ3) is 2.53. The van der Waals surface area contributed by atoms with Crippen LogP contribution in [-0.4, -0.2) is 9.97 Å². The standard InChI is InChI=1S/C15H14N4O/c16-19-12-6-8-17-13(9-12)10-20-14-5-1-3-11-4-2-7-18-15(11)14/h1-9H,10,16H2,(H,17,19). The van der Waals surface area contributed by atoms with Gasteiger partial charge in [-0.1, -0.05) is 18.2 Å². The van der Waals surface area contributed by atoms with E-state index in [2.05, 4.69) is 15.4 Å². The molecule has 0 bridgehead atoms. The van der Waals surface area contributed by atoms with Crippen molar-refractivity contribution in [1.29, 1.82) is 0 Å². The lowest BCUT2D eigenvalue weighted by molar-refractivity contribution is 0.304. The van der Waals surface area contributed by atoms with Crippen molar-refractivity contribution >= 4 is 16.6 Å². The molecule has 0 fully saturated rings. The predicted octanol–water partition coefficient (Wildman–Crippen LogP) is 2.49. The molecule has 3 rings (SSSR count). The van der Waals surface area contributed by atoms with E-state index in [4.69, 9.17) is 10.6 Å². The van der Waals surface area contributed by atoms with Gasteiger partial charge in [-0.05, 0) is 24.3 Å². The van der Waals surface area contributed by atoms with Crippen LogP contribution in [0.5, 0.6) is 5.75 Å². The number of nitrogen functional groups attached to an aromatic ring is 1. The summed E-state index contributed by atoms with van der Waals surface area (Å²) < 4.78 is 5.81. The number of hydrogen-bond acceptors (Lipinski definition) is 5. The average molecular weight is 266 g/mol. The lowest BCUT2D eigenvalue weighted by atomic mass is 10.2. The summed E-state index contributed by atoms with van der Waals surface area (Å²) in [4.78, 5) is 8.59. The second kappa shape index (κ2) is 5.54. The molecular formula is C15H14N4O. The van der Waals surface area contributed by atoms with Gasteiger partial charge >= 0.3 is 0 Å². The maximum atomic E-state index is 5.81. The average Bonchev–Trinajstić information content (AvgIpc) is 2.53. The van der Waals surface area contributed by atoms with Gasteiger partial charge in [-0.25, -0.2) is 0 Å². The van der Waals surface area contributed by atoms with Gasteiger partial charge in [0.2, 0.25) is 0 Å². The van der Waals surface area contributed by atoms with E-state index in [0.29, 0.717) is 6.61 Å². The zero-order valence-corrected chi connectivity index (χ0v) is 10.8. The minimum absolute atomic E-state index is 0.366. The number of nitrogens with zero attached hydrogens (tertiary/aromatic N) is 2. The molecule has 0 atom stereocenters. The zero-order chi connectivity index (χ0) is 13.8. The van der Waals surface area contributed by atoms with E-state index in [-0.39, 0.29) is 0 Å². The summed E-state index contributed by atoms with van der Waals surface area (Å²) in [6.07, 6.45) is 3.45. The number of rotatable bonds is 4. The summed E-state index contributed by atoms with van der Waals surface area (Å²) in [5, 5.41) is 1.05. The van der Waals surface area contributed by atoms with Crippen molar-refractivity contribution in [3.05, 3.63) is 60.6 Å². The molecule has 1 aromatic carbocycles. The van der Waals surface area contributed by atoms with E-state index in [1.165, 1.54) is 0 Å². The number of hydrogen-bond donors (Lipinski definition) is 2. The first-order valence-corrected chi connectivity index (χ1v) is 6.25. The fourth-order valence-electron chi connectivity index (χ4n) is 1.99. The Morgan fingerprint density at radius 1 is 1.05 bits per heavy atom. The molecule has 0 spiro atoms.